The molecule has 1 aliphatic heterocycles. The minimum absolute atomic E-state index is 0.238. The molecule has 0 spiro atoms. The van der Waals surface area contributed by atoms with Gasteiger partial charge in [-0.3, -0.25) is 14.6 Å². The molecular weight excluding hydrogens is 436 g/mol. The maximum absolute atomic E-state index is 13.0. The summed E-state index contributed by atoms with van der Waals surface area (Å²) in [6.07, 6.45) is 1.08. The fourth-order valence-electron chi connectivity index (χ4n) is 2.99. The first-order valence-corrected chi connectivity index (χ1v) is 12.3. The average molecular weight is 461 g/mol. The Balaban J connectivity index is 1.87. The first kappa shape index (κ1) is 22.4. The van der Waals surface area contributed by atoms with Gasteiger partial charge in [-0.1, -0.05) is 22.9 Å². The molecule has 1 aliphatic rings. The van der Waals surface area contributed by atoms with Crippen LogP contribution in [-0.4, -0.2) is 87.8 Å². The number of aryl methyl sites for hydroxylation is 1. The van der Waals surface area contributed by atoms with Gasteiger partial charge in [-0.25, -0.2) is 13.4 Å². The van der Waals surface area contributed by atoms with E-state index in [1.165, 1.54) is 18.4 Å². The molecule has 160 valence electrons. The Labute approximate surface area is 180 Å². The molecule has 1 amide bonds. The van der Waals surface area contributed by atoms with Gasteiger partial charge in [0.15, 0.2) is 5.13 Å². The lowest BCUT2D eigenvalue weighted by Gasteiger charge is -2.29. The molecule has 0 N–H and O–H groups in total. The average Bonchev–Trinajstić information content (AvgIpc) is 3.09. The molecule has 11 heteroatoms. The van der Waals surface area contributed by atoms with E-state index in [1.54, 1.807) is 4.90 Å². The number of fused-ring (bicyclic) bond motifs is 1. The maximum atomic E-state index is 13.0. The van der Waals surface area contributed by atoms with Crippen LogP contribution in [0.1, 0.15) is 5.56 Å². The van der Waals surface area contributed by atoms with E-state index in [1.807, 2.05) is 19.1 Å². The highest BCUT2D eigenvalue weighted by atomic mass is 35.5. The lowest BCUT2D eigenvalue weighted by Crippen LogP contribution is -2.46. The summed E-state index contributed by atoms with van der Waals surface area (Å²) in [6, 6.07) is 3.71. The van der Waals surface area contributed by atoms with Gasteiger partial charge in [-0.05, 0) is 24.6 Å². The molecule has 8 nitrogen and oxygen atoms in total. The molecule has 0 aliphatic carbocycles. The van der Waals surface area contributed by atoms with Gasteiger partial charge in [-0.2, -0.15) is 4.31 Å². The van der Waals surface area contributed by atoms with Crippen LogP contribution in [0, 0.1) is 6.92 Å². The van der Waals surface area contributed by atoms with Gasteiger partial charge in [0.1, 0.15) is 0 Å². The van der Waals surface area contributed by atoms with Crippen molar-refractivity contribution in [2.45, 2.75) is 6.92 Å². The SMILES string of the molecule is Cc1c(Cl)ccc2sc(N(CCN3CCOCC3)C(=O)CN(C)S(C)(=O)=O)nc12. The third-order valence-electron chi connectivity index (χ3n) is 4.94. The number of hydrogen-bond donors (Lipinski definition) is 0. The standard InChI is InChI=1S/C18H25ClN4O4S2/c1-13-14(19)4-5-15-17(13)20-18(28-15)23(7-6-22-8-10-27-11-9-22)16(24)12-21(2)29(3,25)26/h4-5H,6-12H2,1-3H3. The molecule has 1 aromatic carbocycles. The number of hydrogen-bond acceptors (Lipinski definition) is 7. The second-order valence-corrected chi connectivity index (χ2v) is 10.5. The number of carbonyl (C=O) groups is 1. The number of morpholine rings is 1. The van der Waals surface area contributed by atoms with Crippen molar-refractivity contribution >= 4 is 54.2 Å². The number of ether oxygens (including phenoxy) is 1. The van der Waals surface area contributed by atoms with Crippen molar-refractivity contribution in [2.75, 3.05) is 64.1 Å². The lowest BCUT2D eigenvalue weighted by atomic mass is 10.2. The van der Waals surface area contributed by atoms with Crippen LogP contribution in [-0.2, 0) is 19.6 Å². The zero-order valence-electron chi connectivity index (χ0n) is 16.7. The fraction of sp³-hybridized carbons (Fsp3) is 0.556. The van der Waals surface area contributed by atoms with Crippen molar-refractivity contribution in [3.05, 3.63) is 22.7 Å². The third-order valence-corrected chi connectivity index (χ3v) is 7.65. The normalized spacial score (nSPS) is 15.9. The highest BCUT2D eigenvalue weighted by Gasteiger charge is 2.25. The minimum atomic E-state index is -3.46. The summed E-state index contributed by atoms with van der Waals surface area (Å²) in [4.78, 5) is 21.5. The Hall–Kier alpha value is -1.30. The number of amides is 1. The van der Waals surface area contributed by atoms with E-state index in [-0.39, 0.29) is 12.5 Å². The second-order valence-electron chi connectivity index (χ2n) is 7.03. The Bertz CT molecular complexity index is 989. The van der Waals surface area contributed by atoms with E-state index >= 15 is 0 Å². The van der Waals surface area contributed by atoms with Gasteiger partial charge in [0.05, 0.1) is 36.2 Å². The molecule has 0 atom stereocenters. The Morgan fingerprint density at radius 2 is 2.03 bits per heavy atom. The summed E-state index contributed by atoms with van der Waals surface area (Å²) in [6.45, 7) is 5.69. The third kappa shape index (κ3) is 5.44. The van der Waals surface area contributed by atoms with Gasteiger partial charge in [0.2, 0.25) is 15.9 Å². The van der Waals surface area contributed by atoms with Crippen molar-refractivity contribution < 1.29 is 17.9 Å². The van der Waals surface area contributed by atoms with Crippen molar-refractivity contribution in [1.82, 2.24) is 14.2 Å². The Kier molecular flexibility index (Phi) is 7.13. The smallest absolute Gasteiger partial charge is 0.244 e. The van der Waals surface area contributed by atoms with E-state index in [9.17, 15) is 13.2 Å². The number of rotatable bonds is 7. The molecule has 0 bridgehead atoms. The zero-order valence-corrected chi connectivity index (χ0v) is 19.1. The van der Waals surface area contributed by atoms with Crippen LogP contribution in [0.2, 0.25) is 5.02 Å². The molecule has 2 heterocycles. The van der Waals surface area contributed by atoms with Crippen LogP contribution in [0.5, 0.6) is 0 Å². The van der Waals surface area contributed by atoms with Crippen LogP contribution in [0.3, 0.4) is 0 Å². The molecule has 2 aromatic rings. The summed E-state index contributed by atoms with van der Waals surface area (Å²) in [5.74, 6) is -0.311. The molecule has 1 saturated heterocycles. The number of benzene rings is 1. The first-order chi connectivity index (χ1) is 13.7. The predicted octanol–water partition coefficient (Wildman–Crippen LogP) is 1.81. The van der Waals surface area contributed by atoms with Crippen LogP contribution in [0.4, 0.5) is 5.13 Å². The summed E-state index contributed by atoms with van der Waals surface area (Å²) >= 11 is 7.61. The lowest BCUT2D eigenvalue weighted by molar-refractivity contribution is -0.118. The van der Waals surface area contributed by atoms with Crippen LogP contribution in [0.25, 0.3) is 10.2 Å². The predicted molar refractivity (Wildman–Crippen MR) is 116 cm³/mol. The quantitative estimate of drug-likeness (QED) is 0.626. The van der Waals surface area contributed by atoms with E-state index < -0.39 is 10.0 Å². The molecular formula is C18H25ClN4O4S2. The van der Waals surface area contributed by atoms with E-state index in [2.05, 4.69) is 9.88 Å². The molecule has 3 rings (SSSR count). The number of carbonyl (C=O) groups excluding carboxylic acids is 1. The van der Waals surface area contributed by atoms with Crippen molar-refractivity contribution in [3.63, 3.8) is 0 Å². The van der Waals surface area contributed by atoms with Gasteiger partial charge in [0.25, 0.3) is 0 Å². The number of likely N-dealkylation sites (N-methyl/N-ethyl adjacent to an activating group) is 1. The van der Waals surface area contributed by atoms with Crippen molar-refractivity contribution in [2.24, 2.45) is 0 Å². The Morgan fingerprint density at radius 3 is 2.69 bits per heavy atom. The van der Waals surface area contributed by atoms with Crippen LogP contribution < -0.4 is 4.90 Å². The van der Waals surface area contributed by atoms with Crippen molar-refractivity contribution in [3.8, 4) is 0 Å². The number of aromatic nitrogens is 1. The molecule has 0 radical (unpaired) electrons. The number of nitrogens with zero attached hydrogens (tertiary/aromatic N) is 4. The summed E-state index contributed by atoms with van der Waals surface area (Å²) in [5.41, 5.74) is 1.62. The Morgan fingerprint density at radius 1 is 1.34 bits per heavy atom. The highest BCUT2D eigenvalue weighted by molar-refractivity contribution is 7.88. The molecule has 1 fully saturated rings. The number of halogens is 1. The monoisotopic (exact) mass is 460 g/mol. The second kappa shape index (κ2) is 9.23. The number of anilines is 1. The number of thiazole rings is 1. The molecule has 0 unspecified atom stereocenters. The van der Waals surface area contributed by atoms with Gasteiger partial charge in [-0.15, -0.1) is 0 Å². The minimum Gasteiger partial charge on any atom is -0.379 e. The number of sulfonamides is 1. The van der Waals surface area contributed by atoms with E-state index in [0.717, 1.165) is 39.4 Å². The largest absolute Gasteiger partial charge is 0.379 e. The van der Waals surface area contributed by atoms with Gasteiger partial charge in [0, 0.05) is 38.2 Å². The van der Waals surface area contributed by atoms with Crippen LogP contribution in [0.15, 0.2) is 12.1 Å². The van der Waals surface area contributed by atoms with E-state index in [4.69, 9.17) is 16.3 Å². The summed E-state index contributed by atoms with van der Waals surface area (Å²) < 4.78 is 30.9. The van der Waals surface area contributed by atoms with Crippen LogP contribution >= 0.6 is 22.9 Å². The highest BCUT2D eigenvalue weighted by Crippen LogP contribution is 2.33. The fourth-order valence-corrected chi connectivity index (χ4v) is 4.56. The maximum Gasteiger partial charge on any atom is 0.244 e. The van der Waals surface area contributed by atoms with Crippen molar-refractivity contribution in [1.29, 1.82) is 0 Å². The van der Waals surface area contributed by atoms with Gasteiger partial charge < -0.3 is 4.74 Å². The topological polar surface area (TPSA) is 83.0 Å². The van der Waals surface area contributed by atoms with E-state index in [0.29, 0.717) is 36.5 Å². The summed E-state index contributed by atoms with van der Waals surface area (Å²) in [5, 5.41) is 1.17. The molecule has 0 saturated carbocycles. The first-order valence-electron chi connectivity index (χ1n) is 9.24. The van der Waals surface area contributed by atoms with Gasteiger partial charge >= 0.3 is 0 Å². The molecule has 29 heavy (non-hydrogen) atoms. The summed E-state index contributed by atoms with van der Waals surface area (Å²) in [7, 11) is -2.06. The molecule has 1 aromatic heterocycles. The zero-order chi connectivity index (χ0) is 21.2.